The molecule has 0 bridgehead atoms. The second-order valence-corrected chi connectivity index (χ2v) is 6.04. The molecule has 0 N–H and O–H groups in total. The van der Waals surface area contributed by atoms with E-state index in [0.29, 0.717) is 11.8 Å². The third-order valence-electron chi connectivity index (χ3n) is 4.35. The van der Waals surface area contributed by atoms with Crippen LogP contribution >= 0.6 is 0 Å². The normalized spacial score (nSPS) is 34.6. The number of nitrogens with zero attached hydrogens (tertiary/aromatic N) is 1. The molecular formula is C16H27NO3. The standard InChI is InChI=1S/C16H27NO3/c1-2-8-18-9-7-14-11-19-16(20-12-14)15-5-3-13(10-17)4-6-15/h13-16H,2-9,11-12H2,1H3. The summed E-state index contributed by atoms with van der Waals surface area (Å²) in [6, 6.07) is 2.37. The fourth-order valence-electron chi connectivity index (χ4n) is 3.01. The molecule has 2 rings (SSSR count). The van der Waals surface area contributed by atoms with Gasteiger partial charge in [-0.25, -0.2) is 0 Å². The van der Waals surface area contributed by atoms with Crippen molar-refractivity contribution in [3.05, 3.63) is 0 Å². The van der Waals surface area contributed by atoms with Gasteiger partial charge in [0, 0.05) is 31.0 Å². The van der Waals surface area contributed by atoms with Gasteiger partial charge in [-0.3, -0.25) is 0 Å². The molecule has 0 aromatic rings. The molecule has 1 heterocycles. The number of ether oxygens (including phenoxy) is 3. The quantitative estimate of drug-likeness (QED) is 0.702. The second-order valence-electron chi connectivity index (χ2n) is 6.04. The van der Waals surface area contributed by atoms with Gasteiger partial charge < -0.3 is 14.2 Å². The van der Waals surface area contributed by atoms with Crippen molar-refractivity contribution < 1.29 is 14.2 Å². The van der Waals surface area contributed by atoms with Crippen LogP contribution in [0.3, 0.4) is 0 Å². The van der Waals surface area contributed by atoms with Crippen LogP contribution in [-0.4, -0.2) is 32.7 Å². The van der Waals surface area contributed by atoms with Crippen LogP contribution in [0.15, 0.2) is 0 Å². The summed E-state index contributed by atoms with van der Waals surface area (Å²) in [5.41, 5.74) is 0. The number of rotatable bonds is 6. The Kier molecular flexibility index (Phi) is 6.78. The van der Waals surface area contributed by atoms with Gasteiger partial charge in [0.05, 0.1) is 19.3 Å². The Morgan fingerprint density at radius 1 is 1.10 bits per heavy atom. The molecule has 1 aliphatic carbocycles. The molecule has 114 valence electrons. The summed E-state index contributed by atoms with van der Waals surface area (Å²) in [6.45, 7) is 5.36. The molecule has 1 aliphatic heterocycles. The average Bonchev–Trinajstić information content (AvgIpc) is 2.52. The molecule has 0 aromatic heterocycles. The van der Waals surface area contributed by atoms with Crippen LogP contribution < -0.4 is 0 Å². The van der Waals surface area contributed by atoms with Gasteiger partial charge in [-0.1, -0.05) is 6.92 Å². The van der Waals surface area contributed by atoms with E-state index >= 15 is 0 Å². The summed E-state index contributed by atoms with van der Waals surface area (Å²) in [4.78, 5) is 0. The van der Waals surface area contributed by atoms with Crippen LogP contribution in [0.25, 0.3) is 0 Å². The number of hydrogen-bond donors (Lipinski definition) is 0. The molecule has 0 radical (unpaired) electrons. The van der Waals surface area contributed by atoms with Gasteiger partial charge in [-0.05, 0) is 38.5 Å². The van der Waals surface area contributed by atoms with E-state index in [4.69, 9.17) is 19.5 Å². The smallest absolute Gasteiger partial charge is 0.160 e. The minimum Gasteiger partial charge on any atom is -0.381 e. The van der Waals surface area contributed by atoms with Crippen molar-refractivity contribution in [1.82, 2.24) is 0 Å². The van der Waals surface area contributed by atoms with E-state index in [-0.39, 0.29) is 12.2 Å². The predicted molar refractivity (Wildman–Crippen MR) is 76.0 cm³/mol. The van der Waals surface area contributed by atoms with Gasteiger partial charge in [0.2, 0.25) is 0 Å². The zero-order chi connectivity index (χ0) is 14.2. The van der Waals surface area contributed by atoms with E-state index in [1.165, 1.54) is 0 Å². The van der Waals surface area contributed by atoms with Gasteiger partial charge in [-0.15, -0.1) is 0 Å². The van der Waals surface area contributed by atoms with E-state index < -0.39 is 0 Å². The summed E-state index contributed by atoms with van der Waals surface area (Å²) in [6.07, 6.45) is 6.18. The first kappa shape index (κ1) is 15.8. The largest absolute Gasteiger partial charge is 0.381 e. The van der Waals surface area contributed by atoms with Crippen LogP contribution in [0.1, 0.15) is 45.4 Å². The van der Waals surface area contributed by atoms with Crippen LogP contribution in [-0.2, 0) is 14.2 Å². The molecule has 4 nitrogen and oxygen atoms in total. The summed E-state index contributed by atoms with van der Waals surface area (Å²) in [7, 11) is 0. The minimum absolute atomic E-state index is 0.0394. The fourth-order valence-corrected chi connectivity index (χ4v) is 3.01. The molecule has 0 unspecified atom stereocenters. The molecular weight excluding hydrogens is 254 g/mol. The van der Waals surface area contributed by atoms with E-state index in [2.05, 4.69) is 13.0 Å². The molecule has 0 spiro atoms. The third-order valence-corrected chi connectivity index (χ3v) is 4.35. The maximum atomic E-state index is 8.92. The van der Waals surface area contributed by atoms with Crippen LogP contribution in [0.2, 0.25) is 0 Å². The Labute approximate surface area is 122 Å². The lowest BCUT2D eigenvalue weighted by molar-refractivity contribution is -0.230. The molecule has 1 saturated heterocycles. The zero-order valence-electron chi connectivity index (χ0n) is 12.6. The maximum Gasteiger partial charge on any atom is 0.160 e. The topological polar surface area (TPSA) is 51.5 Å². The second kappa shape index (κ2) is 8.61. The van der Waals surface area contributed by atoms with Crippen molar-refractivity contribution in [1.29, 1.82) is 5.26 Å². The van der Waals surface area contributed by atoms with Crippen LogP contribution in [0.4, 0.5) is 0 Å². The van der Waals surface area contributed by atoms with Crippen molar-refractivity contribution in [3.63, 3.8) is 0 Å². The SMILES string of the molecule is CCCOCCC1COC(C2CCC(C#N)CC2)OC1. The van der Waals surface area contributed by atoms with Gasteiger partial charge in [0.15, 0.2) is 6.29 Å². The first-order valence-corrected chi connectivity index (χ1v) is 8.04. The Morgan fingerprint density at radius 3 is 2.40 bits per heavy atom. The molecule has 2 fully saturated rings. The first-order chi connectivity index (χ1) is 9.83. The zero-order valence-corrected chi connectivity index (χ0v) is 12.6. The molecule has 1 saturated carbocycles. The van der Waals surface area contributed by atoms with E-state index in [1.807, 2.05) is 0 Å². The Hall–Kier alpha value is -0.630. The molecule has 0 aromatic carbocycles. The minimum atomic E-state index is -0.0394. The average molecular weight is 281 g/mol. The predicted octanol–water partition coefficient (Wildman–Crippen LogP) is 3.12. The van der Waals surface area contributed by atoms with Crippen LogP contribution in [0, 0.1) is 29.1 Å². The monoisotopic (exact) mass is 281 g/mol. The fraction of sp³-hybridized carbons (Fsp3) is 0.938. The lowest BCUT2D eigenvalue weighted by Gasteiger charge is -2.36. The van der Waals surface area contributed by atoms with Gasteiger partial charge in [-0.2, -0.15) is 5.26 Å². The summed E-state index contributed by atoms with van der Waals surface area (Å²) < 4.78 is 17.3. The number of nitriles is 1. The first-order valence-electron chi connectivity index (χ1n) is 8.04. The lowest BCUT2D eigenvalue weighted by Crippen LogP contribution is -2.38. The van der Waals surface area contributed by atoms with E-state index in [1.54, 1.807) is 0 Å². The maximum absolute atomic E-state index is 8.92. The van der Waals surface area contributed by atoms with E-state index in [0.717, 1.165) is 65.0 Å². The number of hydrogen-bond acceptors (Lipinski definition) is 4. The lowest BCUT2D eigenvalue weighted by atomic mass is 9.82. The highest BCUT2D eigenvalue weighted by Gasteiger charge is 2.32. The van der Waals surface area contributed by atoms with Crippen molar-refractivity contribution in [2.75, 3.05) is 26.4 Å². The highest BCUT2D eigenvalue weighted by atomic mass is 16.7. The van der Waals surface area contributed by atoms with Crippen molar-refractivity contribution in [3.8, 4) is 6.07 Å². The van der Waals surface area contributed by atoms with Crippen LogP contribution in [0.5, 0.6) is 0 Å². The summed E-state index contributed by atoms with van der Waals surface area (Å²) >= 11 is 0. The van der Waals surface area contributed by atoms with Crippen molar-refractivity contribution >= 4 is 0 Å². The molecule has 2 aliphatic rings. The molecule has 20 heavy (non-hydrogen) atoms. The van der Waals surface area contributed by atoms with Crippen molar-refractivity contribution in [2.24, 2.45) is 17.8 Å². The summed E-state index contributed by atoms with van der Waals surface area (Å²) in [5, 5.41) is 8.92. The molecule has 0 amide bonds. The molecule has 0 atom stereocenters. The third kappa shape index (κ3) is 4.73. The van der Waals surface area contributed by atoms with E-state index in [9.17, 15) is 0 Å². The van der Waals surface area contributed by atoms with Gasteiger partial charge >= 0.3 is 0 Å². The Morgan fingerprint density at radius 2 is 1.80 bits per heavy atom. The summed E-state index contributed by atoms with van der Waals surface area (Å²) in [5.74, 6) is 1.20. The molecule has 4 heteroatoms. The van der Waals surface area contributed by atoms with Crippen molar-refractivity contribution in [2.45, 2.75) is 51.7 Å². The highest BCUT2D eigenvalue weighted by molar-refractivity contribution is 4.88. The van der Waals surface area contributed by atoms with Gasteiger partial charge in [0.1, 0.15) is 0 Å². The Bertz CT molecular complexity index is 299. The highest BCUT2D eigenvalue weighted by Crippen LogP contribution is 2.33. The Balaban J connectivity index is 1.61. The van der Waals surface area contributed by atoms with Gasteiger partial charge in [0.25, 0.3) is 0 Å².